The molecule has 0 spiro atoms. The van der Waals surface area contributed by atoms with Crippen molar-refractivity contribution >= 4 is 29.9 Å². The first-order valence-corrected chi connectivity index (χ1v) is 8.08. The summed E-state index contributed by atoms with van der Waals surface area (Å²) in [5, 5.41) is 6.65. The highest BCUT2D eigenvalue weighted by Gasteiger charge is 2.16. The van der Waals surface area contributed by atoms with Crippen molar-refractivity contribution in [3.05, 3.63) is 0 Å². The van der Waals surface area contributed by atoms with Gasteiger partial charge in [0.2, 0.25) is 0 Å². The van der Waals surface area contributed by atoms with Crippen molar-refractivity contribution in [1.82, 2.24) is 20.4 Å². The van der Waals surface area contributed by atoms with Crippen LogP contribution in [0, 0.1) is 5.92 Å². The highest BCUT2D eigenvalue weighted by atomic mass is 127. The zero-order valence-corrected chi connectivity index (χ0v) is 16.9. The third-order valence-corrected chi connectivity index (χ3v) is 3.75. The number of guanidine groups is 1. The molecule has 6 nitrogen and oxygen atoms in total. The van der Waals surface area contributed by atoms with Crippen molar-refractivity contribution in [2.24, 2.45) is 10.9 Å². The van der Waals surface area contributed by atoms with Crippen LogP contribution in [0.1, 0.15) is 13.8 Å². The molecule has 0 aromatic rings. The highest BCUT2D eigenvalue weighted by molar-refractivity contribution is 14.0. The Bertz CT molecular complexity index is 296. The number of nitrogens with zero attached hydrogens (tertiary/aromatic N) is 3. The Morgan fingerprint density at radius 1 is 1.23 bits per heavy atom. The van der Waals surface area contributed by atoms with E-state index in [2.05, 4.69) is 39.4 Å². The summed E-state index contributed by atoms with van der Waals surface area (Å²) in [4.78, 5) is 9.18. The van der Waals surface area contributed by atoms with Crippen molar-refractivity contribution in [3.63, 3.8) is 0 Å². The zero-order valence-electron chi connectivity index (χ0n) is 14.6. The molecule has 1 saturated heterocycles. The number of hydrogen-bond donors (Lipinski definition) is 2. The van der Waals surface area contributed by atoms with E-state index < -0.39 is 0 Å². The van der Waals surface area contributed by atoms with Crippen LogP contribution in [-0.2, 0) is 4.74 Å². The van der Waals surface area contributed by atoms with E-state index >= 15 is 0 Å². The number of halogens is 1. The van der Waals surface area contributed by atoms with Crippen LogP contribution < -0.4 is 10.6 Å². The van der Waals surface area contributed by atoms with E-state index in [1.807, 2.05) is 6.92 Å². The SMILES string of the molecule is CCOCCNC(=NC)NCC(C)CN1CCN(C)CC1.I. The summed E-state index contributed by atoms with van der Waals surface area (Å²) in [6, 6.07) is 0. The topological polar surface area (TPSA) is 52.1 Å². The molecule has 132 valence electrons. The van der Waals surface area contributed by atoms with E-state index in [4.69, 9.17) is 4.74 Å². The molecule has 7 heteroatoms. The van der Waals surface area contributed by atoms with Gasteiger partial charge in [-0.05, 0) is 19.9 Å². The Morgan fingerprint density at radius 2 is 1.91 bits per heavy atom. The van der Waals surface area contributed by atoms with Gasteiger partial charge in [-0.25, -0.2) is 0 Å². The molecule has 1 heterocycles. The highest BCUT2D eigenvalue weighted by Crippen LogP contribution is 2.03. The molecule has 22 heavy (non-hydrogen) atoms. The number of likely N-dealkylation sites (N-methyl/N-ethyl adjacent to an activating group) is 1. The first kappa shape index (κ1) is 21.9. The Balaban J connectivity index is 0.00000441. The smallest absolute Gasteiger partial charge is 0.191 e. The third kappa shape index (κ3) is 9.81. The fourth-order valence-electron chi connectivity index (χ4n) is 2.41. The molecule has 2 N–H and O–H groups in total. The molecule has 1 unspecified atom stereocenters. The second kappa shape index (κ2) is 13.3. The molecule has 0 aliphatic carbocycles. The Labute approximate surface area is 153 Å². The molecule has 1 fully saturated rings. The first-order chi connectivity index (χ1) is 10.2. The van der Waals surface area contributed by atoms with Crippen LogP contribution in [0.3, 0.4) is 0 Å². The fourth-order valence-corrected chi connectivity index (χ4v) is 2.41. The number of nitrogens with one attached hydrogen (secondary N) is 2. The summed E-state index contributed by atoms with van der Waals surface area (Å²) >= 11 is 0. The lowest BCUT2D eigenvalue weighted by atomic mass is 10.1. The molecular formula is C15H34IN5O. The average Bonchev–Trinajstić information content (AvgIpc) is 2.49. The predicted molar refractivity (Wildman–Crippen MR) is 104 cm³/mol. The minimum atomic E-state index is 0. The maximum Gasteiger partial charge on any atom is 0.191 e. The van der Waals surface area contributed by atoms with Gasteiger partial charge < -0.3 is 25.2 Å². The van der Waals surface area contributed by atoms with Crippen LogP contribution in [-0.4, -0.2) is 88.9 Å². The van der Waals surface area contributed by atoms with Gasteiger partial charge in [-0.15, -0.1) is 24.0 Å². The molecule has 0 aromatic heterocycles. The molecule has 1 aliphatic heterocycles. The quantitative estimate of drug-likeness (QED) is 0.259. The van der Waals surface area contributed by atoms with Gasteiger partial charge in [0.25, 0.3) is 0 Å². The maximum absolute atomic E-state index is 5.31. The third-order valence-electron chi connectivity index (χ3n) is 3.75. The molecular weight excluding hydrogens is 393 g/mol. The van der Waals surface area contributed by atoms with E-state index in [1.54, 1.807) is 7.05 Å². The Morgan fingerprint density at radius 3 is 2.50 bits per heavy atom. The van der Waals surface area contributed by atoms with E-state index in [1.165, 1.54) is 26.2 Å². The summed E-state index contributed by atoms with van der Waals surface area (Å²) in [7, 11) is 4.00. The lowest BCUT2D eigenvalue weighted by Crippen LogP contribution is -2.47. The van der Waals surface area contributed by atoms with Crippen LogP contribution in [0.15, 0.2) is 4.99 Å². The number of ether oxygens (including phenoxy) is 1. The minimum absolute atomic E-state index is 0. The maximum atomic E-state index is 5.31. The first-order valence-electron chi connectivity index (χ1n) is 8.08. The summed E-state index contributed by atoms with van der Waals surface area (Å²) in [6.45, 7) is 13.4. The van der Waals surface area contributed by atoms with Crippen molar-refractivity contribution in [3.8, 4) is 0 Å². The minimum Gasteiger partial charge on any atom is -0.380 e. The predicted octanol–water partition coefficient (Wildman–Crippen LogP) is 0.689. The monoisotopic (exact) mass is 427 g/mol. The molecule has 0 aromatic carbocycles. The summed E-state index contributed by atoms with van der Waals surface area (Å²) in [5.41, 5.74) is 0. The number of aliphatic imine (C=N–C) groups is 1. The zero-order chi connectivity index (χ0) is 15.5. The van der Waals surface area contributed by atoms with E-state index in [9.17, 15) is 0 Å². The Kier molecular flexibility index (Phi) is 13.3. The molecule has 0 saturated carbocycles. The molecule has 0 bridgehead atoms. The van der Waals surface area contributed by atoms with Crippen LogP contribution in [0.2, 0.25) is 0 Å². The summed E-state index contributed by atoms with van der Waals surface area (Å²) in [5.74, 6) is 1.47. The van der Waals surface area contributed by atoms with Crippen LogP contribution in [0.4, 0.5) is 0 Å². The van der Waals surface area contributed by atoms with Gasteiger partial charge >= 0.3 is 0 Å². The van der Waals surface area contributed by atoms with Crippen LogP contribution >= 0.6 is 24.0 Å². The lowest BCUT2D eigenvalue weighted by Gasteiger charge is -2.34. The number of hydrogen-bond acceptors (Lipinski definition) is 4. The van der Waals surface area contributed by atoms with Crippen molar-refractivity contribution in [2.75, 3.05) is 73.1 Å². The summed E-state index contributed by atoms with van der Waals surface area (Å²) in [6.07, 6.45) is 0. The largest absolute Gasteiger partial charge is 0.380 e. The van der Waals surface area contributed by atoms with Crippen LogP contribution in [0.5, 0.6) is 0 Å². The Hall–Kier alpha value is -0.120. The number of rotatable bonds is 8. The molecule has 1 aliphatic rings. The van der Waals surface area contributed by atoms with Crippen molar-refractivity contribution in [2.45, 2.75) is 13.8 Å². The van der Waals surface area contributed by atoms with Crippen LogP contribution in [0.25, 0.3) is 0 Å². The molecule has 0 radical (unpaired) electrons. The molecule has 1 rings (SSSR count). The second-order valence-corrected chi connectivity index (χ2v) is 5.79. The number of piperazine rings is 1. The van der Waals surface area contributed by atoms with Gasteiger partial charge in [0.05, 0.1) is 6.61 Å². The second-order valence-electron chi connectivity index (χ2n) is 5.79. The molecule has 0 amide bonds. The standard InChI is InChI=1S/C15H33N5O.HI/c1-5-21-11-6-17-15(16-3)18-12-14(2)13-20-9-7-19(4)8-10-20;/h14H,5-13H2,1-4H3,(H2,16,17,18);1H. The van der Waals surface area contributed by atoms with Crippen molar-refractivity contribution in [1.29, 1.82) is 0 Å². The average molecular weight is 427 g/mol. The van der Waals surface area contributed by atoms with Crippen molar-refractivity contribution < 1.29 is 4.74 Å². The van der Waals surface area contributed by atoms with Gasteiger partial charge in [0.15, 0.2) is 5.96 Å². The van der Waals surface area contributed by atoms with Gasteiger partial charge in [-0.1, -0.05) is 6.92 Å². The lowest BCUT2D eigenvalue weighted by molar-refractivity contribution is 0.139. The van der Waals surface area contributed by atoms with Gasteiger partial charge in [0, 0.05) is 59.5 Å². The van der Waals surface area contributed by atoms with E-state index in [-0.39, 0.29) is 24.0 Å². The normalized spacial score (nSPS) is 18.6. The summed E-state index contributed by atoms with van der Waals surface area (Å²) < 4.78 is 5.31. The van der Waals surface area contributed by atoms with E-state index in [0.717, 1.165) is 32.2 Å². The van der Waals surface area contributed by atoms with Gasteiger partial charge in [0.1, 0.15) is 0 Å². The molecule has 1 atom stereocenters. The van der Waals surface area contributed by atoms with Gasteiger partial charge in [-0.2, -0.15) is 0 Å². The fraction of sp³-hybridized carbons (Fsp3) is 0.933. The van der Waals surface area contributed by atoms with Gasteiger partial charge in [-0.3, -0.25) is 4.99 Å². The van der Waals surface area contributed by atoms with E-state index in [0.29, 0.717) is 12.5 Å².